The molecule has 2 amide bonds. The van der Waals surface area contributed by atoms with Crippen molar-refractivity contribution in [1.29, 1.82) is 0 Å². The van der Waals surface area contributed by atoms with E-state index >= 15 is 0 Å². The van der Waals surface area contributed by atoms with Crippen molar-refractivity contribution >= 4 is 11.8 Å². The van der Waals surface area contributed by atoms with Gasteiger partial charge in [0, 0.05) is 31.6 Å². The van der Waals surface area contributed by atoms with Gasteiger partial charge in [0.1, 0.15) is 0 Å². The summed E-state index contributed by atoms with van der Waals surface area (Å²) in [5, 5.41) is 2.94. The molecule has 1 atom stereocenters. The molecule has 1 aromatic rings. The second-order valence-electron chi connectivity index (χ2n) is 7.34. The number of hydrogen-bond donors (Lipinski definition) is 2. The Bertz CT molecular complexity index is 641. The molecule has 1 fully saturated rings. The van der Waals surface area contributed by atoms with E-state index in [-0.39, 0.29) is 18.1 Å². The van der Waals surface area contributed by atoms with Crippen LogP contribution in [0.2, 0.25) is 0 Å². The van der Waals surface area contributed by atoms with Gasteiger partial charge in [0.25, 0.3) is 5.91 Å². The lowest BCUT2D eigenvalue weighted by Crippen LogP contribution is -2.33. The molecule has 6 nitrogen and oxygen atoms in total. The highest BCUT2D eigenvalue weighted by molar-refractivity contribution is 5.94. The van der Waals surface area contributed by atoms with Gasteiger partial charge in [-0.1, -0.05) is 6.07 Å². The van der Waals surface area contributed by atoms with Crippen LogP contribution in [0.3, 0.4) is 0 Å². The van der Waals surface area contributed by atoms with E-state index in [0.717, 1.165) is 44.1 Å². The standard InChI is InChI=1S/C21H30N2O4/c24-19(23-27-20-10-4-6-14-26-20)9-3-5-13-22-21(25)18-12-11-16-7-1-2-8-17(16)15-18/h11-12,15,20H,1-10,13-14H2,(H,22,25)(H,23,24). The lowest BCUT2D eigenvalue weighted by atomic mass is 9.90. The average Bonchev–Trinajstić information content (AvgIpc) is 2.72. The Kier molecular flexibility index (Phi) is 7.66. The van der Waals surface area contributed by atoms with Crippen LogP contribution in [0.25, 0.3) is 0 Å². The van der Waals surface area contributed by atoms with Crippen LogP contribution in [0.1, 0.15) is 72.9 Å². The van der Waals surface area contributed by atoms with Crippen LogP contribution >= 0.6 is 0 Å². The van der Waals surface area contributed by atoms with Gasteiger partial charge >= 0.3 is 0 Å². The number of carbonyl (C=O) groups is 2. The minimum Gasteiger partial charge on any atom is -0.352 e. The number of ether oxygens (including phenoxy) is 1. The maximum Gasteiger partial charge on any atom is 0.251 e. The molecule has 2 aliphatic rings. The predicted octanol–water partition coefficient (Wildman–Crippen LogP) is 3.04. The van der Waals surface area contributed by atoms with Gasteiger partial charge in [-0.25, -0.2) is 10.3 Å². The van der Waals surface area contributed by atoms with E-state index in [0.29, 0.717) is 26.0 Å². The van der Waals surface area contributed by atoms with Crippen LogP contribution in [0.5, 0.6) is 0 Å². The fourth-order valence-corrected chi connectivity index (χ4v) is 3.58. The maximum atomic E-state index is 12.3. The number of hydrogen-bond acceptors (Lipinski definition) is 4. The molecule has 0 radical (unpaired) electrons. The Hall–Kier alpha value is -1.92. The Labute approximate surface area is 160 Å². The molecule has 1 heterocycles. The van der Waals surface area contributed by atoms with Gasteiger partial charge < -0.3 is 10.1 Å². The van der Waals surface area contributed by atoms with Crippen molar-refractivity contribution in [3.05, 3.63) is 34.9 Å². The molecule has 2 N–H and O–H groups in total. The number of rotatable bonds is 8. The third kappa shape index (κ3) is 6.33. The molecule has 1 aliphatic carbocycles. The molecule has 1 aliphatic heterocycles. The third-order valence-electron chi connectivity index (χ3n) is 5.17. The molecule has 0 bridgehead atoms. The van der Waals surface area contributed by atoms with E-state index in [1.807, 2.05) is 12.1 Å². The number of hydroxylamine groups is 1. The van der Waals surface area contributed by atoms with Gasteiger partial charge in [-0.05, 0) is 74.6 Å². The largest absolute Gasteiger partial charge is 0.352 e. The first-order valence-corrected chi connectivity index (χ1v) is 10.2. The summed E-state index contributed by atoms with van der Waals surface area (Å²) >= 11 is 0. The Balaban J connectivity index is 1.28. The predicted molar refractivity (Wildman–Crippen MR) is 102 cm³/mol. The number of aryl methyl sites for hydroxylation is 2. The molecule has 6 heteroatoms. The van der Waals surface area contributed by atoms with Gasteiger partial charge in [-0.15, -0.1) is 0 Å². The topological polar surface area (TPSA) is 76.7 Å². The van der Waals surface area contributed by atoms with Crippen LogP contribution in [0, 0.1) is 0 Å². The lowest BCUT2D eigenvalue weighted by molar-refractivity contribution is -0.200. The summed E-state index contributed by atoms with van der Waals surface area (Å²) in [6.45, 7) is 1.25. The smallest absolute Gasteiger partial charge is 0.251 e. The van der Waals surface area contributed by atoms with Crippen LogP contribution in [-0.4, -0.2) is 31.3 Å². The maximum absolute atomic E-state index is 12.3. The Morgan fingerprint density at radius 1 is 1.07 bits per heavy atom. The van der Waals surface area contributed by atoms with Crippen LogP contribution in [-0.2, 0) is 27.2 Å². The normalized spacial score (nSPS) is 19.2. The number of nitrogens with one attached hydrogen (secondary N) is 2. The molecule has 1 saturated heterocycles. The zero-order valence-electron chi connectivity index (χ0n) is 15.9. The van der Waals surface area contributed by atoms with Crippen LogP contribution < -0.4 is 10.8 Å². The van der Waals surface area contributed by atoms with Crippen molar-refractivity contribution in [3.8, 4) is 0 Å². The number of benzene rings is 1. The van der Waals surface area contributed by atoms with Crippen LogP contribution in [0.15, 0.2) is 18.2 Å². The monoisotopic (exact) mass is 374 g/mol. The summed E-state index contributed by atoms with van der Waals surface area (Å²) in [5.74, 6) is -0.184. The minimum atomic E-state index is -0.321. The molecule has 1 aromatic carbocycles. The fraction of sp³-hybridized carbons (Fsp3) is 0.619. The van der Waals surface area contributed by atoms with Gasteiger partial charge in [0.15, 0.2) is 6.29 Å². The Morgan fingerprint density at radius 3 is 2.74 bits per heavy atom. The van der Waals surface area contributed by atoms with Crippen molar-refractivity contribution in [1.82, 2.24) is 10.8 Å². The lowest BCUT2D eigenvalue weighted by Gasteiger charge is -2.22. The zero-order chi connectivity index (χ0) is 18.9. The van der Waals surface area contributed by atoms with Crippen molar-refractivity contribution in [2.45, 2.75) is 70.5 Å². The SMILES string of the molecule is O=C(CCCCNC(=O)c1ccc2c(c1)CCCC2)NOC1CCCCO1. The third-order valence-corrected chi connectivity index (χ3v) is 5.17. The minimum absolute atomic E-state index is 0.0365. The summed E-state index contributed by atoms with van der Waals surface area (Å²) in [7, 11) is 0. The van der Waals surface area contributed by atoms with E-state index < -0.39 is 0 Å². The highest BCUT2D eigenvalue weighted by Crippen LogP contribution is 2.22. The summed E-state index contributed by atoms with van der Waals surface area (Å²) in [6, 6.07) is 6.03. The van der Waals surface area contributed by atoms with Crippen molar-refractivity contribution < 1.29 is 19.2 Å². The highest BCUT2D eigenvalue weighted by atomic mass is 16.8. The van der Waals surface area contributed by atoms with E-state index in [4.69, 9.17) is 9.57 Å². The Morgan fingerprint density at radius 2 is 1.93 bits per heavy atom. The number of fused-ring (bicyclic) bond motifs is 1. The zero-order valence-corrected chi connectivity index (χ0v) is 15.9. The molecule has 27 heavy (non-hydrogen) atoms. The van der Waals surface area contributed by atoms with E-state index in [9.17, 15) is 9.59 Å². The second-order valence-corrected chi connectivity index (χ2v) is 7.34. The van der Waals surface area contributed by atoms with Crippen LogP contribution in [0.4, 0.5) is 0 Å². The first-order valence-electron chi connectivity index (χ1n) is 10.2. The molecule has 0 spiro atoms. The molecule has 0 saturated carbocycles. The summed E-state index contributed by atoms with van der Waals surface area (Å²) in [6.07, 6.45) is 9.07. The summed E-state index contributed by atoms with van der Waals surface area (Å²) < 4.78 is 5.39. The van der Waals surface area contributed by atoms with Crippen molar-refractivity contribution in [2.24, 2.45) is 0 Å². The first-order chi connectivity index (χ1) is 13.2. The molecular formula is C21H30N2O4. The van der Waals surface area contributed by atoms with E-state index in [1.54, 1.807) is 0 Å². The van der Waals surface area contributed by atoms with E-state index in [2.05, 4.69) is 16.9 Å². The average molecular weight is 374 g/mol. The van der Waals surface area contributed by atoms with E-state index in [1.165, 1.54) is 24.0 Å². The molecule has 0 aromatic heterocycles. The number of carbonyl (C=O) groups excluding carboxylic acids is 2. The molecule has 148 valence electrons. The number of amides is 2. The number of unbranched alkanes of at least 4 members (excludes halogenated alkanes) is 1. The molecule has 1 unspecified atom stereocenters. The van der Waals surface area contributed by atoms with Gasteiger partial charge in [-0.2, -0.15) is 0 Å². The summed E-state index contributed by atoms with van der Waals surface area (Å²) in [4.78, 5) is 29.3. The fourth-order valence-electron chi connectivity index (χ4n) is 3.58. The van der Waals surface area contributed by atoms with Gasteiger partial charge in [0.05, 0.1) is 0 Å². The summed E-state index contributed by atoms with van der Waals surface area (Å²) in [5.41, 5.74) is 5.88. The molecule has 3 rings (SSSR count). The molecular weight excluding hydrogens is 344 g/mol. The van der Waals surface area contributed by atoms with Crippen molar-refractivity contribution in [3.63, 3.8) is 0 Å². The van der Waals surface area contributed by atoms with Gasteiger partial charge in [-0.3, -0.25) is 9.59 Å². The first kappa shape index (κ1) is 19.8. The van der Waals surface area contributed by atoms with Crippen molar-refractivity contribution in [2.75, 3.05) is 13.2 Å². The highest BCUT2D eigenvalue weighted by Gasteiger charge is 2.16. The van der Waals surface area contributed by atoms with Gasteiger partial charge in [0.2, 0.25) is 5.91 Å². The quantitative estimate of drug-likeness (QED) is 0.542. The second kappa shape index (κ2) is 10.4.